The van der Waals surface area contributed by atoms with Gasteiger partial charge in [-0.3, -0.25) is 4.98 Å². The largest absolute Gasteiger partial charge is 0.331 e. The summed E-state index contributed by atoms with van der Waals surface area (Å²) in [5.74, 6) is 0. The van der Waals surface area contributed by atoms with Gasteiger partial charge < -0.3 is 15.1 Å². The molecule has 1 fully saturated rings. The van der Waals surface area contributed by atoms with Crippen molar-refractivity contribution in [2.45, 2.75) is 38.4 Å². The van der Waals surface area contributed by atoms with E-state index in [1.807, 2.05) is 35.4 Å². The molecule has 3 rings (SSSR count). The Labute approximate surface area is 153 Å². The van der Waals surface area contributed by atoms with Crippen molar-refractivity contribution in [1.82, 2.24) is 20.1 Å². The second-order valence-corrected chi connectivity index (χ2v) is 7.68. The SMILES string of the molecule is CC(NC(=O)N(Cc1ccncc1)C1CCN(C)CC1)c1cccs1. The number of rotatable bonds is 5. The number of nitrogens with one attached hydrogen (secondary N) is 1. The topological polar surface area (TPSA) is 48.5 Å². The van der Waals surface area contributed by atoms with Crippen LogP contribution in [0.25, 0.3) is 0 Å². The fourth-order valence-electron chi connectivity index (χ4n) is 3.24. The minimum absolute atomic E-state index is 0.0206. The Balaban J connectivity index is 1.71. The van der Waals surface area contributed by atoms with Crippen LogP contribution in [0.5, 0.6) is 0 Å². The summed E-state index contributed by atoms with van der Waals surface area (Å²) in [4.78, 5) is 22.6. The number of pyridine rings is 1. The molecular formula is C19H26N4OS. The van der Waals surface area contributed by atoms with Gasteiger partial charge in [0, 0.05) is 29.9 Å². The number of urea groups is 1. The first kappa shape index (κ1) is 17.9. The van der Waals surface area contributed by atoms with Crippen molar-refractivity contribution in [3.05, 3.63) is 52.5 Å². The zero-order valence-corrected chi connectivity index (χ0v) is 15.7. The standard InChI is InChI=1S/C19H26N4OS/c1-15(18-4-3-13-25-18)21-19(24)23(14-16-5-9-20-10-6-16)17-7-11-22(2)12-8-17/h3-6,9-10,13,15,17H,7-8,11-12,14H2,1-2H3,(H,21,24). The van der Waals surface area contributed by atoms with Crippen LogP contribution in [0.2, 0.25) is 0 Å². The smallest absolute Gasteiger partial charge is 0.318 e. The third-order valence-corrected chi connectivity index (χ3v) is 5.86. The van der Waals surface area contributed by atoms with Gasteiger partial charge in [0.25, 0.3) is 0 Å². The van der Waals surface area contributed by atoms with Crippen molar-refractivity contribution in [3.8, 4) is 0 Å². The van der Waals surface area contributed by atoms with Gasteiger partial charge in [0.1, 0.15) is 0 Å². The van der Waals surface area contributed by atoms with Gasteiger partial charge >= 0.3 is 6.03 Å². The van der Waals surface area contributed by atoms with E-state index in [0.717, 1.165) is 31.5 Å². The van der Waals surface area contributed by atoms with Crippen LogP contribution >= 0.6 is 11.3 Å². The highest BCUT2D eigenvalue weighted by Crippen LogP contribution is 2.22. The summed E-state index contributed by atoms with van der Waals surface area (Å²) in [5, 5.41) is 5.22. The van der Waals surface area contributed by atoms with E-state index in [1.54, 1.807) is 23.7 Å². The fourth-order valence-corrected chi connectivity index (χ4v) is 3.97. The molecule has 1 saturated heterocycles. The number of nitrogens with zero attached hydrogens (tertiary/aromatic N) is 3. The molecule has 1 aliphatic rings. The summed E-state index contributed by atoms with van der Waals surface area (Å²) in [6.45, 7) is 4.74. The lowest BCUT2D eigenvalue weighted by molar-refractivity contribution is 0.125. The lowest BCUT2D eigenvalue weighted by Gasteiger charge is -2.38. The van der Waals surface area contributed by atoms with Crippen molar-refractivity contribution in [2.75, 3.05) is 20.1 Å². The molecule has 0 aliphatic carbocycles. The molecule has 1 aliphatic heterocycles. The lowest BCUT2D eigenvalue weighted by Crippen LogP contribution is -2.50. The summed E-state index contributed by atoms with van der Waals surface area (Å²) in [6, 6.07) is 8.38. The molecule has 0 bridgehead atoms. The molecule has 2 aromatic rings. The molecule has 2 aromatic heterocycles. The zero-order chi connectivity index (χ0) is 17.6. The Morgan fingerprint density at radius 3 is 2.72 bits per heavy atom. The molecule has 25 heavy (non-hydrogen) atoms. The van der Waals surface area contributed by atoms with Crippen molar-refractivity contribution in [2.24, 2.45) is 0 Å². The molecule has 3 heterocycles. The van der Waals surface area contributed by atoms with E-state index in [2.05, 4.69) is 28.3 Å². The van der Waals surface area contributed by atoms with E-state index < -0.39 is 0 Å². The van der Waals surface area contributed by atoms with Gasteiger partial charge in [-0.1, -0.05) is 6.07 Å². The summed E-state index contributed by atoms with van der Waals surface area (Å²) >= 11 is 1.68. The molecule has 0 aromatic carbocycles. The summed E-state index contributed by atoms with van der Waals surface area (Å²) in [7, 11) is 2.14. The monoisotopic (exact) mass is 358 g/mol. The molecule has 1 unspecified atom stereocenters. The Kier molecular flexibility index (Phi) is 6.04. The normalized spacial score (nSPS) is 17.2. The molecule has 5 nitrogen and oxygen atoms in total. The number of carbonyl (C=O) groups excluding carboxylic acids is 1. The highest BCUT2D eigenvalue weighted by molar-refractivity contribution is 7.10. The number of aromatic nitrogens is 1. The molecule has 1 N–H and O–H groups in total. The molecule has 0 saturated carbocycles. The van der Waals surface area contributed by atoms with Crippen molar-refractivity contribution in [1.29, 1.82) is 0 Å². The Hall–Kier alpha value is -1.92. The number of amides is 2. The molecular weight excluding hydrogens is 332 g/mol. The highest BCUT2D eigenvalue weighted by atomic mass is 32.1. The zero-order valence-electron chi connectivity index (χ0n) is 14.9. The number of hydrogen-bond acceptors (Lipinski definition) is 4. The number of likely N-dealkylation sites (tertiary alicyclic amines) is 1. The highest BCUT2D eigenvalue weighted by Gasteiger charge is 2.28. The van der Waals surface area contributed by atoms with E-state index in [-0.39, 0.29) is 18.1 Å². The van der Waals surface area contributed by atoms with E-state index in [1.165, 1.54) is 4.88 Å². The minimum atomic E-state index is 0.0206. The maximum atomic E-state index is 13.0. The van der Waals surface area contributed by atoms with Gasteiger partial charge in [-0.25, -0.2) is 4.79 Å². The van der Waals surface area contributed by atoms with Gasteiger partial charge in [-0.15, -0.1) is 11.3 Å². The van der Waals surface area contributed by atoms with Gasteiger partial charge in [-0.05, 0) is 69.0 Å². The van der Waals surface area contributed by atoms with Crippen molar-refractivity contribution >= 4 is 17.4 Å². The Morgan fingerprint density at radius 1 is 1.36 bits per heavy atom. The van der Waals surface area contributed by atoms with Crippen LogP contribution in [-0.4, -0.2) is 47.0 Å². The van der Waals surface area contributed by atoms with Gasteiger partial charge in [0.2, 0.25) is 0 Å². The van der Waals surface area contributed by atoms with Crippen LogP contribution in [-0.2, 0) is 6.54 Å². The molecule has 6 heteroatoms. The first-order valence-corrected chi connectivity index (χ1v) is 9.69. The van der Waals surface area contributed by atoms with Crippen LogP contribution in [0.15, 0.2) is 42.0 Å². The van der Waals surface area contributed by atoms with Crippen LogP contribution in [0, 0.1) is 0 Å². The first-order valence-electron chi connectivity index (χ1n) is 8.81. The van der Waals surface area contributed by atoms with Gasteiger partial charge in [-0.2, -0.15) is 0 Å². The minimum Gasteiger partial charge on any atom is -0.331 e. The van der Waals surface area contributed by atoms with E-state index in [0.29, 0.717) is 6.54 Å². The van der Waals surface area contributed by atoms with Crippen LogP contribution < -0.4 is 5.32 Å². The fraction of sp³-hybridized carbons (Fsp3) is 0.474. The van der Waals surface area contributed by atoms with Crippen molar-refractivity contribution in [3.63, 3.8) is 0 Å². The van der Waals surface area contributed by atoms with Crippen LogP contribution in [0.3, 0.4) is 0 Å². The average molecular weight is 359 g/mol. The quantitative estimate of drug-likeness (QED) is 0.890. The van der Waals surface area contributed by atoms with Crippen LogP contribution in [0.1, 0.15) is 36.2 Å². The molecule has 1 atom stereocenters. The third kappa shape index (κ3) is 4.80. The summed E-state index contributed by atoms with van der Waals surface area (Å²) in [5.41, 5.74) is 1.12. The average Bonchev–Trinajstić information content (AvgIpc) is 3.16. The summed E-state index contributed by atoms with van der Waals surface area (Å²) < 4.78 is 0. The van der Waals surface area contributed by atoms with Gasteiger partial charge in [0.05, 0.1) is 6.04 Å². The van der Waals surface area contributed by atoms with E-state index in [9.17, 15) is 4.79 Å². The van der Waals surface area contributed by atoms with Crippen LogP contribution in [0.4, 0.5) is 4.79 Å². The molecule has 0 radical (unpaired) electrons. The second kappa shape index (κ2) is 8.45. The molecule has 2 amide bonds. The maximum Gasteiger partial charge on any atom is 0.318 e. The predicted molar refractivity (Wildman–Crippen MR) is 102 cm³/mol. The van der Waals surface area contributed by atoms with E-state index >= 15 is 0 Å². The lowest BCUT2D eigenvalue weighted by atomic mass is 10.0. The second-order valence-electron chi connectivity index (χ2n) is 6.70. The number of piperidine rings is 1. The summed E-state index contributed by atoms with van der Waals surface area (Å²) in [6.07, 6.45) is 5.60. The number of carbonyl (C=O) groups is 1. The Bertz CT molecular complexity index is 653. The van der Waals surface area contributed by atoms with Crippen molar-refractivity contribution < 1.29 is 4.79 Å². The number of hydrogen-bond donors (Lipinski definition) is 1. The van der Waals surface area contributed by atoms with E-state index in [4.69, 9.17) is 0 Å². The molecule has 134 valence electrons. The Morgan fingerprint density at radius 2 is 2.08 bits per heavy atom. The van der Waals surface area contributed by atoms with Gasteiger partial charge in [0.15, 0.2) is 0 Å². The third-order valence-electron chi connectivity index (χ3n) is 4.80. The predicted octanol–water partition coefficient (Wildman–Crippen LogP) is 3.51. The molecule has 0 spiro atoms. The maximum absolute atomic E-state index is 13.0. The first-order chi connectivity index (χ1) is 12.1. The number of thiophene rings is 1.